The van der Waals surface area contributed by atoms with Gasteiger partial charge < -0.3 is 14.2 Å². The first-order valence-electron chi connectivity index (χ1n) is 6.77. The molecular weight excluding hydrogens is 256 g/mol. The van der Waals surface area contributed by atoms with E-state index in [-0.39, 0.29) is 17.9 Å². The van der Waals surface area contributed by atoms with Crippen molar-refractivity contribution in [2.24, 2.45) is 7.05 Å². The molecular formula is C15H20N2O3. The van der Waals surface area contributed by atoms with Crippen molar-refractivity contribution in [1.29, 1.82) is 0 Å². The van der Waals surface area contributed by atoms with Crippen molar-refractivity contribution < 1.29 is 14.3 Å². The topological polar surface area (TPSA) is 51.5 Å². The fraction of sp³-hybridized carbons (Fsp3) is 0.467. The first-order valence-corrected chi connectivity index (χ1v) is 6.77. The fourth-order valence-electron chi connectivity index (χ4n) is 2.79. The highest BCUT2D eigenvalue weighted by molar-refractivity contribution is 5.88. The smallest absolute Gasteiger partial charge is 0.354 e. The van der Waals surface area contributed by atoms with Crippen LogP contribution in [0.5, 0.6) is 0 Å². The molecule has 1 saturated heterocycles. The first-order chi connectivity index (χ1) is 9.60. The lowest BCUT2D eigenvalue weighted by atomic mass is 9.99. The lowest BCUT2D eigenvalue weighted by Gasteiger charge is -2.35. The lowest BCUT2D eigenvalue weighted by Crippen LogP contribution is -2.38. The second kappa shape index (κ2) is 5.94. The number of ether oxygens (including phenoxy) is 1. The van der Waals surface area contributed by atoms with Crippen LogP contribution in [0.3, 0.4) is 0 Å². The van der Waals surface area contributed by atoms with Gasteiger partial charge >= 0.3 is 5.97 Å². The number of esters is 1. The van der Waals surface area contributed by atoms with Gasteiger partial charge in [-0.25, -0.2) is 4.79 Å². The third kappa shape index (κ3) is 2.48. The van der Waals surface area contributed by atoms with Gasteiger partial charge in [-0.3, -0.25) is 4.79 Å². The van der Waals surface area contributed by atoms with Gasteiger partial charge in [0.25, 0.3) is 0 Å². The van der Waals surface area contributed by atoms with Crippen LogP contribution in [0.15, 0.2) is 24.8 Å². The zero-order valence-electron chi connectivity index (χ0n) is 12.0. The largest absolute Gasteiger partial charge is 0.464 e. The Morgan fingerprint density at radius 1 is 1.40 bits per heavy atom. The van der Waals surface area contributed by atoms with Crippen LogP contribution in [0.1, 0.15) is 41.5 Å². The molecule has 0 aliphatic carbocycles. The normalized spacial score (nSPS) is 18.7. The maximum atomic E-state index is 12.0. The maximum absolute atomic E-state index is 12.0. The number of likely N-dealkylation sites (tertiary alicyclic amines) is 1. The van der Waals surface area contributed by atoms with E-state index in [1.807, 2.05) is 22.6 Å². The summed E-state index contributed by atoms with van der Waals surface area (Å²) in [5.74, 6) is -0.424. The summed E-state index contributed by atoms with van der Waals surface area (Å²) in [6.07, 6.45) is 4.33. The van der Waals surface area contributed by atoms with Gasteiger partial charge in [-0.1, -0.05) is 6.58 Å². The van der Waals surface area contributed by atoms with Crippen molar-refractivity contribution in [2.75, 3.05) is 13.7 Å². The van der Waals surface area contributed by atoms with E-state index in [2.05, 4.69) is 6.58 Å². The Balaban J connectivity index is 2.33. The van der Waals surface area contributed by atoms with E-state index >= 15 is 0 Å². The van der Waals surface area contributed by atoms with Crippen LogP contribution in [-0.4, -0.2) is 35.0 Å². The molecule has 0 spiro atoms. The highest BCUT2D eigenvalue weighted by Gasteiger charge is 2.29. The van der Waals surface area contributed by atoms with Gasteiger partial charge in [-0.2, -0.15) is 0 Å². The van der Waals surface area contributed by atoms with Gasteiger partial charge in [0.1, 0.15) is 5.69 Å². The SMILES string of the molecule is C=CC(=O)N1CCCCC1c1ccc(C(=O)OC)n1C. The van der Waals surface area contributed by atoms with E-state index in [1.54, 1.807) is 6.07 Å². The first kappa shape index (κ1) is 14.4. The quantitative estimate of drug-likeness (QED) is 0.627. The van der Waals surface area contributed by atoms with Crippen molar-refractivity contribution >= 4 is 11.9 Å². The van der Waals surface area contributed by atoms with Gasteiger partial charge in [0, 0.05) is 19.3 Å². The molecule has 20 heavy (non-hydrogen) atoms. The Bertz CT molecular complexity index is 533. The molecule has 0 bridgehead atoms. The molecule has 0 saturated carbocycles. The molecule has 1 aromatic rings. The summed E-state index contributed by atoms with van der Waals surface area (Å²) in [5.41, 5.74) is 1.46. The molecule has 1 aromatic heterocycles. The minimum absolute atomic E-state index is 0.00217. The summed E-state index contributed by atoms with van der Waals surface area (Å²) in [7, 11) is 3.19. The van der Waals surface area contributed by atoms with Gasteiger partial charge in [0.05, 0.1) is 13.2 Å². The molecule has 108 valence electrons. The second-order valence-corrected chi connectivity index (χ2v) is 4.94. The summed E-state index contributed by atoms with van der Waals surface area (Å²) in [4.78, 5) is 25.5. The number of carbonyl (C=O) groups is 2. The van der Waals surface area contributed by atoms with E-state index in [1.165, 1.54) is 13.2 Å². The van der Waals surface area contributed by atoms with Crippen molar-refractivity contribution in [3.8, 4) is 0 Å². The lowest BCUT2D eigenvalue weighted by molar-refractivity contribution is -0.129. The number of carbonyl (C=O) groups excluding carboxylic acids is 2. The van der Waals surface area contributed by atoms with Gasteiger partial charge in [-0.15, -0.1) is 0 Å². The molecule has 0 radical (unpaired) electrons. The molecule has 1 aliphatic rings. The number of hydrogen-bond acceptors (Lipinski definition) is 3. The third-order valence-electron chi connectivity index (χ3n) is 3.86. The molecule has 0 N–H and O–H groups in total. The Hall–Kier alpha value is -2.04. The summed E-state index contributed by atoms with van der Waals surface area (Å²) in [6, 6.07) is 3.63. The number of rotatable bonds is 3. The van der Waals surface area contributed by atoms with Crippen LogP contribution in [-0.2, 0) is 16.6 Å². The van der Waals surface area contributed by atoms with Crippen LogP contribution < -0.4 is 0 Å². The summed E-state index contributed by atoms with van der Waals surface area (Å²) in [5, 5.41) is 0. The predicted octanol–water partition coefficient (Wildman–Crippen LogP) is 2.05. The van der Waals surface area contributed by atoms with E-state index in [0.29, 0.717) is 5.69 Å². The molecule has 5 heteroatoms. The summed E-state index contributed by atoms with van der Waals surface area (Å²) in [6.45, 7) is 4.29. The predicted molar refractivity (Wildman–Crippen MR) is 75.3 cm³/mol. The van der Waals surface area contributed by atoms with Crippen LogP contribution >= 0.6 is 0 Å². The standard InChI is InChI=1S/C15H20N2O3/c1-4-14(18)17-10-6-5-7-12(17)11-8-9-13(16(11)2)15(19)20-3/h4,8-9,12H,1,5-7,10H2,2-3H3. The number of amides is 1. The van der Waals surface area contributed by atoms with Crippen molar-refractivity contribution in [1.82, 2.24) is 9.47 Å². The van der Waals surface area contributed by atoms with E-state index < -0.39 is 0 Å². The van der Waals surface area contributed by atoms with E-state index in [0.717, 1.165) is 31.5 Å². The number of methoxy groups -OCH3 is 1. The van der Waals surface area contributed by atoms with Crippen LogP contribution in [0.2, 0.25) is 0 Å². The van der Waals surface area contributed by atoms with Gasteiger partial charge in [0.15, 0.2) is 0 Å². The molecule has 1 atom stereocenters. The highest BCUT2D eigenvalue weighted by atomic mass is 16.5. The van der Waals surface area contributed by atoms with Crippen LogP contribution in [0.25, 0.3) is 0 Å². The molecule has 2 heterocycles. The Kier molecular flexibility index (Phi) is 4.27. The zero-order chi connectivity index (χ0) is 14.7. The van der Waals surface area contributed by atoms with Crippen molar-refractivity contribution in [3.05, 3.63) is 36.2 Å². The van der Waals surface area contributed by atoms with Gasteiger partial charge in [-0.05, 0) is 37.5 Å². The average molecular weight is 276 g/mol. The van der Waals surface area contributed by atoms with Crippen molar-refractivity contribution in [3.63, 3.8) is 0 Å². The van der Waals surface area contributed by atoms with Crippen LogP contribution in [0, 0.1) is 0 Å². The second-order valence-electron chi connectivity index (χ2n) is 4.94. The third-order valence-corrected chi connectivity index (χ3v) is 3.86. The minimum atomic E-state index is -0.365. The minimum Gasteiger partial charge on any atom is -0.464 e. The molecule has 1 amide bonds. The van der Waals surface area contributed by atoms with E-state index in [9.17, 15) is 9.59 Å². The number of hydrogen-bond donors (Lipinski definition) is 0. The molecule has 2 rings (SSSR count). The number of piperidine rings is 1. The molecule has 0 aromatic carbocycles. The number of aromatic nitrogens is 1. The Morgan fingerprint density at radius 3 is 2.80 bits per heavy atom. The fourth-order valence-corrected chi connectivity index (χ4v) is 2.79. The summed E-state index contributed by atoms with van der Waals surface area (Å²) >= 11 is 0. The van der Waals surface area contributed by atoms with Crippen LogP contribution in [0.4, 0.5) is 0 Å². The molecule has 1 aliphatic heterocycles. The van der Waals surface area contributed by atoms with E-state index in [4.69, 9.17) is 4.74 Å². The maximum Gasteiger partial charge on any atom is 0.354 e. The summed E-state index contributed by atoms with van der Waals surface area (Å²) < 4.78 is 6.57. The molecule has 1 unspecified atom stereocenters. The number of nitrogens with zero attached hydrogens (tertiary/aromatic N) is 2. The van der Waals surface area contributed by atoms with Gasteiger partial charge in [0.2, 0.25) is 5.91 Å². The Morgan fingerprint density at radius 2 is 2.15 bits per heavy atom. The molecule has 1 fully saturated rings. The van der Waals surface area contributed by atoms with Crippen molar-refractivity contribution in [2.45, 2.75) is 25.3 Å². The zero-order valence-corrected chi connectivity index (χ0v) is 12.0. The monoisotopic (exact) mass is 276 g/mol. The average Bonchev–Trinajstić information content (AvgIpc) is 2.87. The Labute approximate surface area is 118 Å². The highest BCUT2D eigenvalue weighted by Crippen LogP contribution is 2.32. The molecule has 5 nitrogen and oxygen atoms in total.